The number of ether oxygens (including phenoxy) is 2. The number of hydrogen-bond acceptors (Lipinski definition) is 4. The Morgan fingerprint density at radius 3 is 2.71 bits per heavy atom. The Morgan fingerprint density at radius 2 is 2.14 bits per heavy atom. The lowest BCUT2D eigenvalue weighted by molar-refractivity contribution is -0.152. The van der Waals surface area contributed by atoms with E-state index in [9.17, 15) is 4.79 Å². The summed E-state index contributed by atoms with van der Waals surface area (Å²) in [5.41, 5.74) is 5.59. The van der Waals surface area contributed by atoms with Crippen LogP contribution in [-0.4, -0.2) is 31.3 Å². The van der Waals surface area contributed by atoms with Gasteiger partial charge in [0.1, 0.15) is 5.92 Å². The van der Waals surface area contributed by atoms with E-state index in [1.807, 2.05) is 0 Å². The van der Waals surface area contributed by atoms with Crippen molar-refractivity contribution in [2.24, 2.45) is 11.7 Å². The van der Waals surface area contributed by atoms with Gasteiger partial charge in [-0.25, -0.2) is 0 Å². The number of nitrogens with two attached hydrogens (primary N) is 1. The molecule has 4 nitrogen and oxygen atoms in total. The molecule has 2 rings (SSSR count). The molecule has 80 valence electrons. The van der Waals surface area contributed by atoms with Crippen molar-refractivity contribution in [2.45, 2.75) is 37.3 Å². The highest BCUT2D eigenvalue weighted by Crippen LogP contribution is 2.44. The van der Waals surface area contributed by atoms with Crippen LogP contribution in [0.25, 0.3) is 0 Å². The third-order valence-corrected chi connectivity index (χ3v) is 3.46. The van der Waals surface area contributed by atoms with Crippen LogP contribution in [0.1, 0.15) is 25.7 Å². The van der Waals surface area contributed by atoms with Crippen LogP contribution < -0.4 is 5.73 Å². The second-order valence-corrected chi connectivity index (χ2v) is 4.25. The Hall–Kier alpha value is -0.610. The monoisotopic (exact) mass is 199 g/mol. The highest BCUT2D eigenvalue weighted by molar-refractivity contribution is 5.75. The summed E-state index contributed by atoms with van der Waals surface area (Å²) in [6.07, 6.45) is 4.14. The summed E-state index contributed by atoms with van der Waals surface area (Å²) in [5, 5.41) is 0. The third-order valence-electron chi connectivity index (χ3n) is 3.46. The maximum Gasteiger partial charge on any atom is 0.313 e. The molecule has 2 aliphatic rings. The van der Waals surface area contributed by atoms with E-state index in [1.165, 1.54) is 7.11 Å². The van der Waals surface area contributed by atoms with Gasteiger partial charge in [-0.3, -0.25) is 4.79 Å². The van der Waals surface area contributed by atoms with Crippen molar-refractivity contribution >= 4 is 5.97 Å². The van der Waals surface area contributed by atoms with Gasteiger partial charge in [0.25, 0.3) is 0 Å². The average Bonchev–Trinajstić information content (AvgIpc) is 2.76. The molecule has 0 radical (unpaired) electrons. The van der Waals surface area contributed by atoms with Gasteiger partial charge >= 0.3 is 5.97 Å². The lowest BCUT2D eigenvalue weighted by Gasteiger charge is -2.28. The predicted molar refractivity (Wildman–Crippen MR) is 50.6 cm³/mol. The van der Waals surface area contributed by atoms with Crippen molar-refractivity contribution < 1.29 is 14.3 Å². The summed E-state index contributed by atoms with van der Waals surface area (Å²) in [6.45, 7) is 0.486. The predicted octanol–water partition coefficient (Wildman–Crippen LogP) is 0.446. The number of rotatable bonds is 1. The normalized spacial score (nSPS) is 35.0. The molecule has 1 spiro atoms. The van der Waals surface area contributed by atoms with Crippen LogP contribution in [0.15, 0.2) is 0 Å². The number of hydrogen-bond donors (Lipinski definition) is 1. The van der Waals surface area contributed by atoms with Crippen LogP contribution in [0.2, 0.25) is 0 Å². The van der Waals surface area contributed by atoms with Gasteiger partial charge in [-0.1, -0.05) is 12.8 Å². The molecule has 2 atom stereocenters. The SMILES string of the molecule is COC(=O)C1C(N)COC12CCCC2. The lowest BCUT2D eigenvalue weighted by atomic mass is 9.83. The fraction of sp³-hybridized carbons (Fsp3) is 0.900. The van der Waals surface area contributed by atoms with Crippen molar-refractivity contribution in [2.75, 3.05) is 13.7 Å². The zero-order valence-corrected chi connectivity index (χ0v) is 8.49. The van der Waals surface area contributed by atoms with E-state index in [-0.39, 0.29) is 23.5 Å². The van der Waals surface area contributed by atoms with Crippen LogP contribution in [0.5, 0.6) is 0 Å². The number of methoxy groups -OCH3 is 1. The van der Waals surface area contributed by atoms with Gasteiger partial charge in [0.2, 0.25) is 0 Å². The minimum Gasteiger partial charge on any atom is -0.469 e. The first-order chi connectivity index (χ1) is 6.69. The van der Waals surface area contributed by atoms with E-state index >= 15 is 0 Å². The molecule has 1 aliphatic heterocycles. The molecule has 2 fully saturated rings. The molecule has 2 N–H and O–H groups in total. The summed E-state index contributed by atoms with van der Waals surface area (Å²) in [7, 11) is 1.41. The first-order valence-corrected chi connectivity index (χ1v) is 5.17. The molecule has 0 aromatic heterocycles. The summed E-state index contributed by atoms with van der Waals surface area (Å²) < 4.78 is 10.5. The van der Waals surface area contributed by atoms with Crippen LogP contribution in [0.3, 0.4) is 0 Å². The Bertz CT molecular complexity index is 236. The average molecular weight is 199 g/mol. The minimum atomic E-state index is -0.299. The van der Waals surface area contributed by atoms with E-state index in [1.54, 1.807) is 0 Å². The highest BCUT2D eigenvalue weighted by Gasteiger charge is 2.54. The fourth-order valence-corrected chi connectivity index (χ4v) is 2.78. The van der Waals surface area contributed by atoms with Crippen LogP contribution in [0, 0.1) is 5.92 Å². The molecule has 0 amide bonds. The molecule has 0 aromatic carbocycles. The van der Waals surface area contributed by atoms with Crippen molar-refractivity contribution in [1.29, 1.82) is 0 Å². The van der Waals surface area contributed by atoms with E-state index in [0.717, 1.165) is 25.7 Å². The maximum absolute atomic E-state index is 11.6. The summed E-state index contributed by atoms with van der Waals surface area (Å²) in [6, 6.07) is -0.194. The Kier molecular flexibility index (Phi) is 2.49. The molecule has 14 heavy (non-hydrogen) atoms. The van der Waals surface area contributed by atoms with Crippen molar-refractivity contribution in [1.82, 2.24) is 0 Å². The van der Waals surface area contributed by atoms with Crippen molar-refractivity contribution in [3.05, 3.63) is 0 Å². The Balaban J connectivity index is 2.20. The highest BCUT2D eigenvalue weighted by atomic mass is 16.5. The van der Waals surface area contributed by atoms with E-state index in [0.29, 0.717) is 6.61 Å². The largest absolute Gasteiger partial charge is 0.469 e. The number of carbonyl (C=O) groups excluding carboxylic acids is 1. The van der Waals surface area contributed by atoms with Crippen LogP contribution in [-0.2, 0) is 14.3 Å². The Labute approximate surface area is 83.7 Å². The first-order valence-electron chi connectivity index (χ1n) is 5.17. The molecule has 1 heterocycles. The molecule has 0 bridgehead atoms. The summed E-state index contributed by atoms with van der Waals surface area (Å²) >= 11 is 0. The zero-order chi connectivity index (χ0) is 10.2. The molecule has 1 saturated heterocycles. The van der Waals surface area contributed by atoms with Crippen LogP contribution in [0.4, 0.5) is 0 Å². The smallest absolute Gasteiger partial charge is 0.313 e. The van der Waals surface area contributed by atoms with Gasteiger partial charge in [-0.2, -0.15) is 0 Å². The molecule has 4 heteroatoms. The second kappa shape index (κ2) is 3.51. The standard InChI is InChI=1S/C10H17NO3/c1-13-9(12)8-7(11)6-14-10(8)4-2-3-5-10/h7-8H,2-6,11H2,1H3. The van der Waals surface area contributed by atoms with Gasteiger partial charge in [-0.15, -0.1) is 0 Å². The number of esters is 1. The molecular formula is C10H17NO3. The zero-order valence-electron chi connectivity index (χ0n) is 8.49. The Morgan fingerprint density at radius 1 is 1.50 bits per heavy atom. The topological polar surface area (TPSA) is 61.5 Å². The van der Waals surface area contributed by atoms with E-state index in [2.05, 4.69) is 0 Å². The summed E-state index contributed by atoms with van der Waals surface area (Å²) in [4.78, 5) is 11.6. The number of carbonyl (C=O) groups is 1. The molecule has 2 unspecified atom stereocenters. The van der Waals surface area contributed by atoms with Crippen molar-refractivity contribution in [3.63, 3.8) is 0 Å². The quantitative estimate of drug-likeness (QED) is 0.623. The second-order valence-electron chi connectivity index (χ2n) is 4.25. The lowest BCUT2D eigenvalue weighted by Crippen LogP contribution is -2.44. The fourth-order valence-electron chi connectivity index (χ4n) is 2.78. The molecule has 1 saturated carbocycles. The van der Waals surface area contributed by atoms with Gasteiger partial charge in [0, 0.05) is 6.04 Å². The molecule has 0 aromatic rings. The maximum atomic E-state index is 11.6. The molecule has 1 aliphatic carbocycles. The van der Waals surface area contributed by atoms with Gasteiger partial charge < -0.3 is 15.2 Å². The molecular weight excluding hydrogens is 182 g/mol. The van der Waals surface area contributed by atoms with Gasteiger partial charge in [0.05, 0.1) is 19.3 Å². The van der Waals surface area contributed by atoms with Gasteiger partial charge in [0.15, 0.2) is 0 Å². The van der Waals surface area contributed by atoms with E-state index < -0.39 is 0 Å². The van der Waals surface area contributed by atoms with Crippen LogP contribution >= 0.6 is 0 Å². The first kappa shape index (κ1) is 9.93. The van der Waals surface area contributed by atoms with Crippen molar-refractivity contribution in [3.8, 4) is 0 Å². The summed E-state index contributed by atoms with van der Waals surface area (Å²) in [5.74, 6) is -0.466. The van der Waals surface area contributed by atoms with Gasteiger partial charge in [-0.05, 0) is 12.8 Å². The third kappa shape index (κ3) is 1.33. The minimum absolute atomic E-state index is 0.194. The van der Waals surface area contributed by atoms with E-state index in [4.69, 9.17) is 15.2 Å².